The number of benzene rings is 1. The third-order valence-corrected chi connectivity index (χ3v) is 7.26. The van der Waals surface area contributed by atoms with Gasteiger partial charge in [-0.2, -0.15) is 0 Å². The van der Waals surface area contributed by atoms with E-state index >= 15 is 0 Å². The summed E-state index contributed by atoms with van der Waals surface area (Å²) in [5, 5.41) is -0.602. The summed E-state index contributed by atoms with van der Waals surface area (Å²) in [6, 6.07) is 6.28. The second kappa shape index (κ2) is 5.51. The summed E-state index contributed by atoms with van der Waals surface area (Å²) < 4.78 is 50.3. The summed E-state index contributed by atoms with van der Waals surface area (Å²) in [5.74, 6) is 0.149. The predicted octanol–water partition coefficient (Wildman–Crippen LogP) is 1.30. The first kappa shape index (κ1) is 15.0. The zero-order valence-corrected chi connectivity index (χ0v) is 13.3. The number of halogens is 1. The Balaban J connectivity index is 2.11. The van der Waals surface area contributed by atoms with Gasteiger partial charge in [-0.05, 0) is 31.0 Å². The van der Waals surface area contributed by atoms with E-state index in [1.807, 2.05) is 0 Å². The third kappa shape index (κ3) is 3.56. The summed E-state index contributed by atoms with van der Waals surface area (Å²) in [6.07, 6.45) is 1.12. The molecular formula is C11H14BrNO4S2. The summed E-state index contributed by atoms with van der Waals surface area (Å²) in [7, 11) is -6.80. The first-order valence-electron chi connectivity index (χ1n) is 5.78. The molecule has 106 valence electrons. The lowest BCUT2D eigenvalue weighted by Gasteiger charge is -2.11. The largest absolute Gasteiger partial charge is 0.240 e. The van der Waals surface area contributed by atoms with Crippen LogP contribution in [0, 0.1) is 0 Å². The van der Waals surface area contributed by atoms with E-state index in [0.717, 1.165) is 0 Å². The zero-order chi connectivity index (χ0) is 14.1. The number of hydrogen-bond acceptors (Lipinski definition) is 4. The summed E-state index contributed by atoms with van der Waals surface area (Å²) in [6.45, 7) is -0.0584. The van der Waals surface area contributed by atoms with E-state index < -0.39 is 25.1 Å². The van der Waals surface area contributed by atoms with Crippen LogP contribution in [-0.4, -0.2) is 34.4 Å². The van der Waals surface area contributed by atoms with E-state index in [9.17, 15) is 16.8 Å². The second-order valence-corrected chi connectivity index (χ2v) is 9.52. The highest BCUT2D eigenvalue weighted by Crippen LogP contribution is 2.20. The molecule has 8 heteroatoms. The van der Waals surface area contributed by atoms with Gasteiger partial charge in [-0.15, -0.1) is 0 Å². The van der Waals surface area contributed by atoms with Crippen LogP contribution in [0.25, 0.3) is 0 Å². The van der Waals surface area contributed by atoms with Crippen molar-refractivity contribution in [3.63, 3.8) is 0 Å². The predicted molar refractivity (Wildman–Crippen MR) is 76.1 cm³/mol. The number of rotatable bonds is 4. The Labute approximate surface area is 121 Å². The van der Waals surface area contributed by atoms with Crippen molar-refractivity contribution in [2.45, 2.75) is 23.0 Å². The van der Waals surface area contributed by atoms with E-state index in [-0.39, 0.29) is 17.2 Å². The fourth-order valence-corrected chi connectivity index (χ4v) is 5.56. The van der Waals surface area contributed by atoms with E-state index in [1.54, 1.807) is 12.1 Å². The summed E-state index contributed by atoms with van der Waals surface area (Å²) in [5.41, 5.74) is 0. The van der Waals surface area contributed by atoms with Crippen LogP contribution in [0.1, 0.15) is 12.8 Å². The number of hydrogen-bond donors (Lipinski definition) is 1. The van der Waals surface area contributed by atoms with Gasteiger partial charge in [0.2, 0.25) is 10.0 Å². The van der Waals surface area contributed by atoms with Crippen molar-refractivity contribution < 1.29 is 16.8 Å². The minimum atomic E-state index is -3.66. The maximum absolute atomic E-state index is 12.0. The van der Waals surface area contributed by atoms with Crippen molar-refractivity contribution in [3.05, 3.63) is 28.7 Å². The maximum Gasteiger partial charge on any atom is 0.240 e. The van der Waals surface area contributed by atoms with Crippen LogP contribution in [0.3, 0.4) is 0 Å². The molecule has 2 rings (SSSR count). The van der Waals surface area contributed by atoms with E-state index in [2.05, 4.69) is 20.7 Å². The zero-order valence-electron chi connectivity index (χ0n) is 10.0. The van der Waals surface area contributed by atoms with E-state index in [1.165, 1.54) is 12.1 Å². The molecule has 0 bridgehead atoms. The average molecular weight is 368 g/mol. The van der Waals surface area contributed by atoms with Crippen LogP contribution in [-0.2, 0) is 19.9 Å². The lowest BCUT2D eigenvalue weighted by atomic mass is 10.2. The molecule has 1 heterocycles. The van der Waals surface area contributed by atoms with Crippen molar-refractivity contribution in [1.82, 2.24) is 4.72 Å². The Morgan fingerprint density at radius 2 is 2.11 bits per heavy atom. The first-order chi connectivity index (χ1) is 8.81. The standard InChI is InChI=1S/C11H14BrNO4S2/c12-9-3-1-4-10(7-9)19(16,17)13-8-11-5-2-6-18(11,14)15/h1,3-4,7,11,13H,2,5-6,8H2. The van der Waals surface area contributed by atoms with Crippen molar-refractivity contribution in [2.24, 2.45) is 0 Å². The van der Waals surface area contributed by atoms with Gasteiger partial charge in [0.05, 0.1) is 15.9 Å². The van der Waals surface area contributed by atoms with Gasteiger partial charge in [-0.25, -0.2) is 21.6 Å². The van der Waals surface area contributed by atoms with Gasteiger partial charge >= 0.3 is 0 Å². The summed E-state index contributed by atoms with van der Waals surface area (Å²) >= 11 is 3.20. The molecule has 1 aromatic rings. The average Bonchev–Trinajstić information content (AvgIpc) is 2.66. The molecule has 1 aliphatic heterocycles. The van der Waals surface area contributed by atoms with Crippen molar-refractivity contribution in [3.8, 4) is 0 Å². The molecule has 19 heavy (non-hydrogen) atoms. The van der Waals surface area contributed by atoms with Gasteiger partial charge in [-0.1, -0.05) is 22.0 Å². The fraction of sp³-hybridized carbons (Fsp3) is 0.455. The molecule has 1 saturated heterocycles. The molecule has 0 aliphatic carbocycles. The van der Waals surface area contributed by atoms with Gasteiger partial charge in [0.25, 0.3) is 0 Å². The SMILES string of the molecule is O=S(=O)(NCC1CCCS1(=O)=O)c1cccc(Br)c1. The van der Waals surface area contributed by atoms with E-state index in [4.69, 9.17) is 0 Å². The lowest BCUT2D eigenvalue weighted by Crippen LogP contribution is -2.34. The van der Waals surface area contributed by atoms with Crippen LogP contribution >= 0.6 is 15.9 Å². The molecular weight excluding hydrogens is 354 g/mol. The van der Waals surface area contributed by atoms with Crippen LogP contribution in [0.15, 0.2) is 33.6 Å². The maximum atomic E-state index is 12.0. The highest BCUT2D eigenvalue weighted by Gasteiger charge is 2.32. The Morgan fingerprint density at radius 1 is 1.37 bits per heavy atom. The first-order valence-corrected chi connectivity index (χ1v) is 9.77. The second-order valence-electron chi connectivity index (χ2n) is 4.44. The molecule has 5 nitrogen and oxygen atoms in total. The van der Waals surface area contributed by atoms with Gasteiger partial charge in [0.1, 0.15) is 0 Å². The normalized spacial score (nSPS) is 22.5. The van der Waals surface area contributed by atoms with E-state index in [0.29, 0.717) is 17.3 Å². The Kier molecular flexibility index (Phi) is 4.34. The number of sulfonamides is 1. The Morgan fingerprint density at radius 3 is 2.68 bits per heavy atom. The smallest absolute Gasteiger partial charge is 0.229 e. The van der Waals surface area contributed by atoms with Crippen molar-refractivity contribution in [1.29, 1.82) is 0 Å². The lowest BCUT2D eigenvalue weighted by molar-refractivity contribution is 0.571. The molecule has 1 atom stereocenters. The molecule has 1 aliphatic rings. The van der Waals surface area contributed by atoms with Crippen LogP contribution < -0.4 is 4.72 Å². The van der Waals surface area contributed by atoms with Gasteiger partial charge < -0.3 is 0 Å². The molecule has 1 N–H and O–H groups in total. The number of sulfone groups is 1. The minimum absolute atomic E-state index is 0.0584. The molecule has 0 spiro atoms. The molecule has 0 aromatic heterocycles. The van der Waals surface area contributed by atoms with Gasteiger partial charge in [0, 0.05) is 11.0 Å². The van der Waals surface area contributed by atoms with Gasteiger partial charge in [-0.3, -0.25) is 0 Å². The molecule has 0 radical (unpaired) electrons. The highest BCUT2D eigenvalue weighted by molar-refractivity contribution is 9.10. The topological polar surface area (TPSA) is 80.3 Å². The highest BCUT2D eigenvalue weighted by atomic mass is 79.9. The van der Waals surface area contributed by atoms with Crippen LogP contribution in [0.5, 0.6) is 0 Å². The fourth-order valence-electron chi connectivity index (χ4n) is 2.01. The Bertz CT molecular complexity index is 670. The van der Waals surface area contributed by atoms with Gasteiger partial charge in [0.15, 0.2) is 9.84 Å². The molecule has 1 aromatic carbocycles. The molecule has 1 unspecified atom stereocenters. The molecule has 0 saturated carbocycles. The Hall–Kier alpha value is -0.440. The van der Waals surface area contributed by atoms with Crippen LogP contribution in [0.2, 0.25) is 0 Å². The van der Waals surface area contributed by atoms with Crippen LogP contribution in [0.4, 0.5) is 0 Å². The van der Waals surface area contributed by atoms with Crippen molar-refractivity contribution >= 4 is 35.8 Å². The quantitative estimate of drug-likeness (QED) is 0.869. The third-order valence-electron chi connectivity index (χ3n) is 3.07. The monoisotopic (exact) mass is 367 g/mol. The number of nitrogens with one attached hydrogen (secondary N) is 1. The minimum Gasteiger partial charge on any atom is -0.229 e. The summed E-state index contributed by atoms with van der Waals surface area (Å²) in [4.78, 5) is 0.122. The van der Waals surface area contributed by atoms with Crippen molar-refractivity contribution in [2.75, 3.05) is 12.3 Å². The molecule has 1 fully saturated rings. The molecule has 0 amide bonds.